The molecule has 1 saturated heterocycles. The number of ether oxygens (including phenoxy) is 1. The van der Waals surface area contributed by atoms with Crippen LogP contribution in [0.15, 0.2) is 18.2 Å². The van der Waals surface area contributed by atoms with Crippen molar-refractivity contribution in [3.05, 3.63) is 23.8 Å². The number of hydrogen-bond donors (Lipinski definition) is 2. The number of hydrogen-bond acceptors (Lipinski definition) is 4. The van der Waals surface area contributed by atoms with E-state index in [9.17, 15) is 4.79 Å². The number of fused-ring (bicyclic) bond motifs is 1. The average Bonchev–Trinajstić information content (AvgIpc) is 2.84. The predicted molar refractivity (Wildman–Crippen MR) is 77.9 cm³/mol. The van der Waals surface area contributed by atoms with Crippen LogP contribution in [0.3, 0.4) is 0 Å². The average molecular weight is 275 g/mol. The van der Waals surface area contributed by atoms with E-state index in [1.807, 2.05) is 18.2 Å². The van der Waals surface area contributed by atoms with Gasteiger partial charge in [0.25, 0.3) is 5.91 Å². The molecular formula is C15H21N3O2. The van der Waals surface area contributed by atoms with E-state index in [0.29, 0.717) is 6.04 Å². The van der Waals surface area contributed by atoms with Crippen molar-refractivity contribution in [2.24, 2.45) is 0 Å². The lowest BCUT2D eigenvalue weighted by Crippen LogP contribution is -2.35. The fourth-order valence-corrected chi connectivity index (χ4v) is 2.86. The zero-order valence-corrected chi connectivity index (χ0v) is 11.8. The Labute approximate surface area is 119 Å². The van der Waals surface area contributed by atoms with Crippen LogP contribution in [0.5, 0.6) is 5.75 Å². The number of likely N-dealkylation sites (tertiary alicyclic amines) is 1. The van der Waals surface area contributed by atoms with Gasteiger partial charge in [0, 0.05) is 19.1 Å². The van der Waals surface area contributed by atoms with E-state index < -0.39 is 0 Å². The number of likely N-dealkylation sites (N-methyl/N-ethyl adjacent to an activating group) is 1. The summed E-state index contributed by atoms with van der Waals surface area (Å²) in [4.78, 5) is 13.7. The summed E-state index contributed by atoms with van der Waals surface area (Å²) in [6.45, 7) is 3.14. The first kappa shape index (κ1) is 13.4. The standard InChI is InChI=1S/C15H21N3O2/c1-18-6-2-3-12(18)9-16-8-11-4-5-14-13(7-11)17-15(19)10-20-14/h4-5,7,12,16H,2-3,6,8-10H2,1H3,(H,17,19). The van der Waals surface area contributed by atoms with E-state index in [-0.39, 0.29) is 12.5 Å². The molecule has 1 unspecified atom stereocenters. The number of nitrogens with zero attached hydrogens (tertiary/aromatic N) is 1. The lowest BCUT2D eigenvalue weighted by molar-refractivity contribution is -0.118. The summed E-state index contributed by atoms with van der Waals surface area (Å²) in [5.74, 6) is 0.666. The van der Waals surface area contributed by atoms with Gasteiger partial charge in [0.2, 0.25) is 0 Å². The first-order valence-electron chi connectivity index (χ1n) is 7.19. The van der Waals surface area contributed by atoms with E-state index >= 15 is 0 Å². The first-order valence-corrected chi connectivity index (χ1v) is 7.19. The molecule has 0 aliphatic carbocycles. The van der Waals surface area contributed by atoms with Crippen LogP contribution in [-0.2, 0) is 11.3 Å². The minimum Gasteiger partial charge on any atom is -0.482 e. The molecule has 5 heteroatoms. The van der Waals surface area contributed by atoms with Crippen LogP contribution in [0.1, 0.15) is 18.4 Å². The molecule has 3 rings (SSSR count). The van der Waals surface area contributed by atoms with Crippen LogP contribution in [0.25, 0.3) is 0 Å². The van der Waals surface area contributed by atoms with Gasteiger partial charge in [0.05, 0.1) is 5.69 Å². The third-order valence-corrected chi connectivity index (χ3v) is 4.06. The highest BCUT2D eigenvalue weighted by atomic mass is 16.5. The lowest BCUT2D eigenvalue weighted by Gasteiger charge is -2.21. The maximum absolute atomic E-state index is 11.3. The summed E-state index contributed by atoms with van der Waals surface area (Å²) < 4.78 is 5.35. The molecule has 5 nitrogen and oxygen atoms in total. The fraction of sp³-hybridized carbons (Fsp3) is 0.533. The normalized spacial score (nSPS) is 22.2. The minimum absolute atomic E-state index is 0.0878. The molecule has 0 aromatic heterocycles. The van der Waals surface area contributed by atoms with Crippen LogP contribution < -0.4 is 15.4 Å². The van der Waals surface area contributed by atoms with E-state index in [0.717, 1.165) is 30.1 Å². The van der Waals surface area contributed by atoms with Gasteiger partial charge in [-0.2, -0.15) is 0 Å². The van der Waals surface area contributed by atoms with Gasteiger partial charge in [-0.15, -0.1) is 0 Å². The number of anilines is 1. The first-order chi connectivity index (χ1) is 9.72. The van der Waals surface area contributed by atoms with E-state index in [1.54, 1.807) is 0 Å². The maximum atomic E-state index is 11.3. The Kier molecular flexibility index (Phi) is 3.89. The van der Waals surface area contributed by atoms with Gasteiger partial charge >= 0.3 is 0 Å². The number of benzene rings is 1. The van der Waals surface area contributed by atoms with Crippen LogP contribution in [0.4, 0.5) is 5.69 Å². The summed E-state index contributed by atoms with van der Waals surface area (Å²) >= 11 is 0. The van der Waals surface area contributed by atoms with Gasteiger partial charge in [-0.05, 0) is 44.1 Å². The molecule has 0 spiro atoms. The van der Waals surface area contributed by atoms with E-state index in [4.69, 9.17) is 4.74 Å². The molecule has 108 valence electrons. The van der Waals surface area contributed by atoms with Crippen molar-refractivity contribution >= 4 is 11.6 Å². The smallest absolute Gasteiger partial charge is 0.262 e. The van der Waals surface area contributed by atoms with Crippen molar-refractivity contribution in [1.82, 2.24) is 10.2 Å². The topological polar surface area (TPSA) is 53.6 Å². The molecule has 2 aliphatic rings. The highest BCUT2D eigenvalue weighted by molar-refractivity contribution is 5.95. The Morgan fingerprint density at radius 2 is 2.40 bits per heavy atom. The van der Waals surface area contributed by atoms with Crippen LogP contribution in [0.2, 0.25) is 0 Å². The fourth-order valence-electron chi connectivity index (χ4n) is 2.86. The molecule has 0 bridgehead atoms. The molecular weight excluding hydrogens is 254 g/mol. The Morgan fingerprint density at radius 1 is 1.50 bits per heavy atom. The van der Waals surface area contributed by atoms with Crippen LogP contribution in [-0.4, -0.2) is 43.6 Å². The second-order valence-electron chi connectivity index (χ2n) is 5.57. The summed E-state index contributed by atoms with van der Waals surface area (Å²) in [7, 11) is 2.19. The molecule has 2 heterocycles. The largest absolute Gasteiger partial charge is 0.482 e. The SMILES string of the molecule is CN1CCCC1CNCc1ccc2c(c1)NC(=O)CO2. The molecule has 2 N–H and O–H groups in total. The highest BCUT2D eigenvalue weighted by Gasteiger charge is 2.20. The third kappa shape index (κ3) is 2.94. The number of nitrogens with one attached hydrogen (secondary N) is 2. The summed E-state index contributed by atoms with van der Waals surface area (Å²) in [6, 6.07) is 6.60. The highest BCUT2D eigenvalue weighted by Crippen LogP contribution is 2.28. The predicted octanol–water partition coefficient (Wildman–Crippen LogP) is 1.20. The quantitative estimate of drug-likeness (QED) is 0.867. The van der Waals surface area contributed by atoms with E-state index in [1.165, 1.54) is 19.4 Å². The van der Waals surface area contributed by atoms with E-state index in [2.05, 4.69) is 22.6 Å². The molecule has 0 radical (unpaired) electrons. The molecule has 1 aromatic rings. The summed E-state index contributed by atoms with van der Waals surface area (Å²) in [6.07, 6.45) is 2.57. The second-order valence-corrected chi connectivity index (χ2v) is 5.57. The van der Waals surface area contributed by atoms with Gasteiger partial charge in [-0.3, -0.25) is 4.79 Å². The number of rotatable bonds is 4. The third-order valence-electron chi connectivity index (χ3n) is 4.06. The Bertz CT molecular complexity index is 504. The molecule has 1 atom stereocenters. The van der Waals surface area contributed by atoms with Gasteiger partial charge in [0.1, 0.15) is 5.75 Å². The number of carbonyl (C=O) groups is 1. The zero-order valence-electron chi connectivity index (χ0n) is 11.8. The monoisotopic (exact) mass is 275 g/mol. The van der Waals surface area contributed by atoms with Crippen molar-refractivity contribution in [2.45, 2.75) is 25.4 Å². The molecule has 0 saturated carbocycles. The molecule has 1 amide bonds. The van der Waals surface area contributed by atoms with Gasteiger partial charge in [-0.25, -0.2) is 0 Å². The van der Waals surface area contributed by atoms with Crippen molar-refractivity contribution < 1.29 is 9.53 Å². The van der Waals surface area contributed by atoms with Gasteiger partial charge < -0.3 is 20.3 Å². The van der Waals surface area contributed by atoms with Crippen molar-refractivity contribution in [3.63, 3.8) is 0 Å². The van der Waals surface area contributed by atoms with Gasteiger partial charge in [-0.1, -0.05) is 6.07 Å². The molecule has 1 aromatic carbocycles. The van der Waals surface area contributed by atoms with Crippen LogP contribution >= 0.6 is 0 Å². The van der Waals surface area contributed by atoms with Crippen molar-refractivity contribution in [2.75, 3.05) is 32.1 Å². The van der Waals surface area contributed by atoms with Crippen molar-refractivity contribution in [1.29, 1.82) is 0 Å². The number of carbonyl (C=O) groups excluding carboxylic acids is 1. The Balaban J connectivity index is 1.55. The molecule has 20 heavy (non-hydrogen) atoms. The second kappa shape index (κ2) is 5.81. The summed E-state index contributed by atoms with van der Waals surface area (Å²) in [5.41, 5.74) is 1.94. The molecule has 2 aliphatic heterocycles. The lowest BCUT2D eigenvalue weighted by atomic mass is 10.1. The minimum atomic E-state index is -0.0878. The summed E-state index contributed by atoms with van der Waals surface area (Å²) in [5, 5.41) is 6.34. The number of amides is 1. The Hall–Kier alpha value is -1.59. The maximum Gasteiger partial charge on any atom is 0.262 e. The van der Waals surface area contributed by atoms with Gasteiger partial charge in [0.15, 0.2) is 6.61 Å². The van der Waals surface area contributed by atoms with Crippen molar-refractivity contribution in [3.8, 4) is 5.75 Å². The van der Waals surface area contributed by atoms with Crippen LogP contribution in [0, 0.1) is 0 Å². The Morgan fingerprint density at radius 3 is 3.20 bits per heavy atom. The molecule has 1 fully saturated rings. The zero-order chi connectivity index (χ0) is 13.9.